The summed E-state index contributed by atoms with van der Waals surface area (Å²) in [5, 5.41) is 12.9. The Morgan fingerprint density at radius 1 is 1.12 bits per heavy atom. The number of likely N-dealkylation sites (N-methyl/N-ethyl adjacent to an activating group) is 1. The van der Waals surface area contributed by atoms with E-state index in [1.54, 1.807) is 18.2 Å². The van der Waals surface area contributed by atoms with E-state index in [2.05, 4.69) is 57.7 Å². The van der Waals surface area contributed by atoms with Gasteiger partial charge in [-0.25, -0.2) is 9.97 Å². The van der Waals surface area contributed by atoms with Gasteiger partial charge in [0.15, 0.2) is 6.29 Å². The number of phenols is 1. The largest absolute Gasteiger partial charge is 0.507 e. The Morgan fingerprint density at radius 3 is 2.67 bits per heavy atom. The maximum atomic E-state index is 13.3. The van der Waals surface area contributed by atoms with Crippen LogP contribution in [0.4, 0.5) is 5.95 Å². The zero-order valence-corrected chi connectivity index (χ0v) is 23.0. The van der Waals surface area contributed by atoms with Crippen molar-refractivity contribution in [1.29, 1.82) is 0 Å². The van der Waals surface area contributed by atoms with Gasteiger partial charge in [0.2, 0.25) is 11.8 Å². The quantitative estimate of drug-likeness (QED) is 0.299. The number of rotatable bonds is 9. The number of phenolic OH excluding ortho intramolecular Hbond substituents is 1. The molecule has 1 saturated heterocycles. The number of imidazole rings is 1. The summed E-state index contributed by atoms with van der Waals surface area (Å²) in [6.45, 7) is 10.1. The first-order valence-corrected chi connectivity index (χ1v) is 13.4. The molecule has 1 amide bonds. The van der Waals surface area contributed by atoms with Gasteiger partial charge in [0, 0.05) is 57.1 Å². The van der Waals surface area contributed by atoms with Gasteiger partial charge in [0.1, 0.15) is 11.5 Å². The third-order valence-electron chi connectivity index (χ3n) is 6.96. The number of hydrogen-bond donors (Lipinski definition) is 2. The molecule has 1 aliphatic heterocycles. The zero-order chi connectivity index (χ0) is 28.2. The number of aromatic hydroxyl groups is 1. The monoisotopic (exact) mass is 542 g/mol. The van der Waals surface area contributed by atoms with Crippen LogP contribution in [0, 0.1) is 5.92 Å². The molecule has 0 bridgehead atoms. The molecule has 3 heterocycles. The van der Waals surface area contributed by atoms with Crippen molar-refractivity contribution in [2.24, 2.45) is 5.92 Å². The summed E-state index contributed by atoms with van der Waals surface area (Å²) in [4.78, 5) is 38.4. The number of carbonyl (C=O) groups excluding carboxylic acids is 2. The fourth-order valence-corrected chi connectivity index (χ4v) is 4.81. The van der Waals surface area contributed by atoms with E-state index in [0.717, 1.165) is 43.8 Å². The topological polar surface area (TPSA) is 113 Å². The number of ether oxygens (including phenoxy) is 1. The predicted molar refractivity (Wildman–Crippen MR) is 153 cm³/mol. The van der Waals surface area contributed by atoms with Crippen molar-refractivity contribution < 1.29 is 19.4 Å². The Hall–Kier alpha value is -4.28. The van der Waals surface area contributed by atoms with Crippen LogP contribution in [0.1, 0.15) is 40.1 Å². The molecule has 0 unspecified atom stereocenters. The number of pyridine rings is 1. The molecule has 0 aliphatic carbocycles. The first-order valence-electron chi connectivity index (χ1n) is 13.4. The lowest BCUT2D eigenvalue weighted by atomic mass is 10.1. The van der Waals surface area contributed by atoms with Crippen LogP contribution in [0.15, 0.2) is 54.7 Å². The molecule has 4 aromatic rings. The molecule has 208 valence electrons. The second-order valence-electron chi connectivity index (χ2n) is 10.6. The van der Waals surface area contributed by atoms with Crippen molar-refractivity contribution in [3.63, 3.8) is 0 Å². The van der Waals surface area contributed by atoms with Gasteiger partial charge in [-0.15, -0.1) is 0 Å². The van der Waals surface area contributed by atoms with Crippen molar-refractivity contribution in [2.75, 3.05) is 38.5 Å². The fraction of sp³-hybridized carbons (Fsp3) is 0.333. The van der Waals surface area contributed by atoms with E-state index in [4.69, 9.17) is 9.72 Å². The first kappa shape index (κ1) is 27.3. The highest BCUT2D eigenvalue weighted by Gasteiger charge is 2.19. The number of aromatic nitrogens is 3. The summed E-state index contributed by atoms with van der Waals surface area (Å²) in [5.41, 5.74) is 3.35. The van der Waals surface area contributed by atoms with E-state index in [-0.39, 0.29) is 28.8 Å². The molecule has 2 aromatic heterocycles. The number of hydrogen-bond acceptors (Lipinski definition) is 8. The van der Waals surface area contributed by atoms with Gasteiger partial charge in [-0.05, 0) is 48.9 Å². The summed E-state index contributed by atoms with van der Waals surface area (Å²) in [6.07, 6.45) is 1.96. The number of anilines is 1. The molecule has 2 aromatic carbocycles. The highest BCUT2D eigenvalue weighted by Crippen LogP contribution is 2.30. The Morgan fingerprint density at radius 2 is 1.93 bits per heavy atom. The fourth-order valence-electron chi connectivity index (χ4n) is 4.81. The van der Waals surface area contributed by atoms with Crippen LogP contribution in [0.2, 0.25) is 0 Å². The third kappa shape index (κ3) is 6.13. The third-order valence-corrected chi connectivity index (χ3v) is 6.96. The first-order chi connectivity index (χ1) is 19.3. The summed E-state index contributed by atoms with van der Waals surface area (Å²) in [5.74, 6) is 0.510. The van der Waals surface area contributed by atoms with E-state index in [1.807, 2.05) is 6.07 Å². The number of nitrogens with zero attached hydrogens (tertiary/aromatic N) is 5. The number of fused-ring (bicyclic) bond motifs is 1. The van der Waals surface area contributed by atoms with Gasteiger partial charge < -0.3 is 19.3 Å². The highest BCUT2D eigenvalue weighted by molar-refractivity contribution is 6.04. The van der Waals surface area contributed by atoms with Crippen LogP contribution >= 0.6 is 0 Å². The molecule has 10 heteroatoms. The minimum absolute atomic E-state index is 0.00792. The van der Waals surface area contributed by atoms with E-state index >= 15 is 0 Å². The van der Waals surface area contributed by atoms with Crippen molar-refractivity contribution >= 4 is 29.2 Å². The number of amides is 1. The Labute approximate surface area is 233 Å². The Bertz CT molecular complexity index is 1520. The van der Waals surface area contributed by atoms with Crippen LogP contribution in [0.5, 0.6) is 17.4 Å². The Kier molecular flexibility index (Phi) is 8.09. The average molecular weight is 543 g/mol. The maximum Gasteiger partial charge on any atom is 0.258 e. The number of benzene rings is 2. The molecule has 10 nitrogen and oxygen atoms in total. The molecule has 40 heavy (non-hydrogen) atoms. The lowest BCUT2D eigenvalue weighted by Crippen LogP contribution is -2.43. The maximum absolute atomic E-state index is 13.3. The van der Waals surface area contributed by atoms with Crippen molar-refractivity contribution in [3.8, 4) is 17.4 Å². The van der Waals surface area contributed by atoms with Crippen molar-refractivity contribution in [1.82, 2.24) is 24.3 Å². The Balaban J connectivity index is 1.38. The normalized spacial score (nSPS) is 14.5. The average Bonchev–Trinajstić information content (AvgIpc) is 3.25. The summed E-state index contributed by atoms with van der Waals surface area (Å²) < 4.78 is 7.78. The van der Waals surface area contributed by atoms with Gasteiger partial charge in [-0.2, -0.15) is 0 Å². The smallest absolute Gasteiger partial charge is 0.258 e. The van der Waals surface area contributed by atoms with E-state index in [0.29, 0.717) is 30.3 Å². The second-order valence-corrected chi connectivity index (χ2v) is 10.6. The molecule has 5 rings (SSSR count). The number of aldehydes is 1. The predicted octanol–water partition coefficient (Wildman–Crippen LogP) is 4.40. The van der Waals surface area contributed by atoms with Gasteiger partial charge in [0.25, 0.3) is 5.91 Å². The summed E-state index contributed by atoms with van der Waals surface area (Å²) in [7, 11) is 2.15. The zero-order valence-electron chi connectivity index (χ0n) is 23.0. The molecule has 0 spiro atoms. The lowest BCUT2D eigenvalue weighted by Gasteiger charge is -2.32. The van der Waals surface area contributed by atoms with E-state index in [9.17, 15) is 14.7 Å². The van der Waals surface area contributed by atoms with Gasteiger partial charge in [0.05, 0.1) is 16.6 Å². The molecular formula is C30H34N6O4. The standard InChI is InChI=1S/C30H34N6O4/c1-20(2)17-36-25-15-21(18-35-13-11-34(3)12-14-35)7-8-24(25)32-30(36)33-29(39)22-9-10-31-28(16-22)40-27-6-4-5-26(38)23(27)19-37/h4-10,15-16,19-20,38H,11-14,17-18H2,1-3H3,(H,32,33,39). The molecule has 1 aliphatic rings. The highest BCUT2D eigenvalue weighted by atomic mass is 16.5. The van der Waals surface area contributed by atoms with Crippen molar-refractivity contribution in [2.45, 2.75) is 26.9 Å². The molecule has 2 N–H and O–H groups in total. The molecule has 0 radical (unpaired) electrons. The second kappa shape index (κ2) is 11.8. The van der Waals surface area contributed by atoms with E-state index < -0.39 is 0 Å². The number of piperazine rings is 1. The summed E-state index contributed by atoms with van der Waals surface area (Å²) in [6, 6.07) is 13.9. The molecule has 0 atom stereocenters. The van der Waals surface area contributed by atoms with Gasteiger partial charge in [-0.3, -0.25) is 19.8 Å². The van der Waals surface area contributed by atoms with Crippen LogP contribution in [0.3, 0.4) is 0 Å². The molecular weight excluding hydrogens is 508 g/mol. The minimum Gasteiger partial charge on any atom is -0.507 e. The molecule has 1 fully saturated rings. The van der Waals surface area contributed by atoms with E-state index in [1.165, 1.54) is 23.9 Å². The lowest BCUT2D eigenvalue weighted by molar-refractivity contribution is 0.102. The molecule has 0 saturated carbocycles. The summed E-state index contributed by atoms with van der Waals surface area (Å²) >= 11 is 0. The van der Waals surface area contributed by atoms with Crippen LogP contribution in [0.25, 0.3) is 11.0 Å². The van der Waals surface area contributed by atoms with Crippen LogP contribution < -0.4 is 10.1 Å². The SMILES string of the molecule is CC(C)Cn1c(NC(=O)c2ccnc(Oc3cccc(O)c3C=O)c2)nc2ccc(CN3CCN(C)CC3)cc21. The number of carbonyl (C=O) groups is 2. The van der Waals surface area contributed by atoms with Gasteiger partial charge >= 0.3 is 0 Å². The van der Waals surface area contributed by atoms with Crippen LogP contribution in [-0.4, -0.2) is 74.9 Å². The van der Waals surface area contributed by atoms with Crippen molar-refractivity contribution in [3.05, 3.63) is 71.4 Å². The minimum atomic E-state index is -0.364. The number of nitrogens with one attached hydrogen (secondary N) is 1. The van der Waals surface area contributed by atoms with Gasteiger partial charge in [-0.1, -0.05) is 26.0 Å². The van der Waals surface area contributed by atoms with Crippen LogP contribution in [-0.2, 0) is 13.1 Å².